The van der Waals surface area contributed by atoms with Crippen molar-refractivity contribution in [3.05, 3.63) is 29.8 Å². The summed E-state index contributed by atoms with van der Waals surface area (Å²) in [6.07, 6.45) is -2.41. The van der Waals surface area contributed by atoms with Gasteiger partial charge in [0.15, 0.2) is 0 Å². The quantitative estimate of drug-likeness (QED) is 0.825. The Hall–Kier alpha value is -1.62. The minimum Gasteiger partial charge on any atom is -0.493 e. The van der Waals surface area contributed by atoms with Crippen LogP contribution >= 0.6 is 0 Å². The number of alkyl halides is 1. The number of aliphatic hydroxyl groups is 1. The number of carboxylic acids is 1. The number of hydrogen-bond donors (Lipinski definition) is 2. The van der Waals surface area contributed by atoms with Crippen molar-refractivity contribution in [1.29, 1.82) is 0 Å². The molecule has 2 unspecified atom stereocenters. The van der Waals surface area contributed by atoms with Gasteiger partial charge in [-0.2, -0.15) is 0 Å². The first-order chi connectivity index (χ1) is 7.91. The second-order valence-corrected chi connectivity index (χ2v) is 3.78. The van der Waals surface area contributed by atoms with Gasteiger partial charge in [0, 0.05) is 5.56 Å². The smallest absolute Gasteiger partial charge is 0.341 e. The van der Waals surface area contributed by atoms with Crippen LogP contribution in [0, 0.1) is 0 Å². The standard InChI is InChI=1S/C12H15FO4/c1-3-17-9-7-5-4-6-8(9)12(2,16)10(13)11(14)15/h4-7,10,16H,3H2,1-2H3,(H,14,15). The van der Waals surface area contributed by atoms with Crippen molar-refractivity contribution >= 4 is 5.97 Å². The van der Waals surface area contributed by atoms with Crippen molar-refractivity contribution in [1.82, 2.24) is 0 Å². The normalized spacial score (nSPS) is 16.0. The number of ether oxygens (including phenoxy) is 1. The van der Waals surface area contributed by atoms with Crippen LogP contribution in [-0.2, 0) is 10.4 Å². The van der Waals surface area contributed by atoms with Gasteiger partial charge in [0.05, 0.1) is 6.61 Å². The molecular weight excluding hydrogens is 227 g/mol. The molecule has 0 fully saturated rings. The van der Waals surface area contributed by atoms with Crippen LogP contribution in [0.2, 0.25) is 0 Å². The van der Waals surface area contributed by atoms with Gasteiger partial charge in [-0.25, -0.2) is 9.18 Å². The summed E-state index contributed by atoms with van der Waals surface area (Å²) in [5.74, 6) is -1.43. The predicted molar refractivity (Wildman–Crippen MR) is 59.7 cm³/mol. The Labute approximate surface area is 98.7 Å². The maximum atomic E-state index is 13.5. The molecule has 94 valence electrons. The van der Waals surface area contributed by atoms with Crippen molar-refractivity contribution in [2.75, 3.05) is 6.61 Å². The molecule has 0 spiro atoms. The lowest BCUT2D eigenvalue weighted by atomic mass is 9.90. The molecule has 2 N–H and O–H groups in total. The highest BCUT2D eigenvalue weighted by Crippen LogP contribution is 2.33. The lowest BCUT2D eigenvalue weighted by molar-refractivity contribution is -0.153. The highest BCUT2D eigenvalue weighted by atomic mass is 19.1. The zero-order valence-corrected chi connectivity index (χ0v) is 9.68. The number of rotatable bonds is 5. The van der Waals surface area contributed by atoms with Gasteiger partial charge in [0.1, 0.15) is 11.4 Å². The molecule has 0 amide bonds. The van der Waals surface area contributed by atoms with E-state index in [4.69, 9.17) is 9.84 Å². The summed E-state index contributed by atoms with van der Waals surface area (Å²) >= 11 is 0. The summed E-state index contributed by atoms with van der Waals surface area (Å²) in [5, 5.41) is 18.6. The van der Waals surface area contributed by atoms with E-state index in [9.17, 15) is 14.3 Å². The lowest BCUT2D eigenvalue weighted by Gasteiger charge is -2.27. The molecule has 2 atom stereocenters. The minimum absolute atomic E-state index is 0.122. The molecule has 0 aromatic heterocycles. The number of carboxylic acid groups (broad SMARTS) is 1. The SMILES string of the molecule is CCOc1ccccc1C(C)(O)C(F)C(=O)O. The number of halogens is 1. The average molecular weight is 242 g/mol. The summed E-state index contributed by atoms with van der Waals surface area (Å²) in [6, 6.07) is 6.25. The fourth-order valence-electron chi connectivity index (χ4n) is 1.54. The summed E-state index contributed by atoms with van der Waals surface area (Å²) in [6.45, 7) is 3.20. The Bertz CT molecular complexity index is 403. The van der Waals surface area contributed by atoms with Crippen LogP contribution in [0.1, 0.15) is 19.4 Å². The molecule has 0 aliphatic rings. The second kappa shape index (κ2) is 5.14. The number of benzene rings is 1. The van der Waals surface area contributed by atoms with E-state index in [1.54, 1.807) is 25.1 Å². The summed E-state index contributed by atoms with van der Waals surface area (Å²) in [7, 11) is 0. The van der Waals surface area contributed by atoms with E-state index in [2.05, 4.69) is 0 Å². The highest BCUT2D eigenvalue weighted by molar-refractivity contribution is 5.74. The molecular formula is C12H15FO4. The predicted octanol–water partition coefficient (Wildman–Crippen LogP) is 1.72. The number of aliphatic carboxylic acids is 1. The fraction of sp³-hybridized carbons (Fsp3) is 0.417. The van der Waals surface area contributed by atoms with Crippen LogP contribution < -0.4 is 4.74 Å². The van der Waals surface area contributed by atoms with Gasteiger partial charge in [0.25, 0.3) is 0 Å². The lowest BCUT2D eigenvalue weighted by Crippen LogP contribution is -2.39. The number of para-hydroxylation sites is 1. The molecule has 0 radical (unpaired) electrons. The van der Waals surface area contributed by atoms with E-state index >= 15 is 0 Å². The van der Waals surface area contributed by atoms with Crippen molar-refractivity contribution in [3.8, 4) is 5.75 Å². The molecule has 5 heteroatoms. The molecule has 0 saturated heterocycles. The molecule has 0 heterocycles. The summed E-state index contributed by atoms with van der Waals surface area (Å²) < 4.78 is 18.7. The Morgan fingerprint density at radius 3 is 2.65 bits per heavy atom. The summed E-state index contributed by atoms with van der Waals surface area (Å²) in [5.41, 5.74) is -2.01. The van der Waals surface area contributed by atoms with Gasteiger partial charge in [-0.15, -0.1) is 0 Å². The molecule has 0 saturated carbocycles. The Morgan fingerprint density at radius 1 is 1.53 bits per heavy atom. The van der Waals surface area contributed by atoms with Crippen molar-refractivity contribution in [3.63, 3.8) is 0 Å². The first-order valence-electron chi connectivity index (χ1n) is 5.22. The van der Waals surface area contributed by atoms with Crippen LogP contribution in [-0.4, -0.2) is 29.0 Å². The molecule has 4 nitrogen and oxygen atoms in total. The van der Waals surface area contributed by atoms with Gasteiger partial charge in [-0.3, -0.25) is 0 Å². The molecule has 17 heavy (non-hydrogen) atoms. The molecule has 1 aromatic carbocycles. The van der Waals surface area contributed by atoms with E-state index < -0.39 is 17.7 Å². The summed E-state index contributed by atoms with van der Waals surface area (Å²) in [4.78, 5) is 10.6. The second-order valence-electron chi connectivity index (χ2n) is 3.78. The topological polar surface area (TPSA) is 66.8 Å². The van der Waals surface area contributed by atoms with Gasteiger partial charge in [0.2, 0.25) is 6.17 Å². The van der Waals surface area contributed by atoms with Crippen molar-refractivity contribution in [2.24, 2.45) is 0 Å². The van der Waals surface area contributed by atoms with E-state index in [1.165, 1.54) is 6.07 Å². The molecule has 0 aliphatic carbocycles. The van der Waals surface area contributed by atoms with Gasteiger partial charge in [-0.05, 0) is 19.9 Å². The van der Waals surface area contributed by atoms with E-state index in [0.717, 1.165) is 6.92 Å². The molecule has 0 aliphatic heterocycles. The van der Waals surface area contributed by atoms with Gasteiger partial charge >= 0.3 is 5.97 Å². The zero-order valence-electron chi connectivity index (χ0n) is 9.68. The third-order valence-electron chi connectivity index (χ3n) is 2.44. The molecule has 0 bridgehead atoms. The fourth-order valence-corrected chi connectivity index (χ4v) is 1.54. The zero-order chi connectivity index (χ0) is 13.1. The minimum atomic E-state index is -2.41. The maximum Gasteiger partial charge on any atom is 0.341 e. The average Bonchev–Trinajstić information content (AvgIpc) is 2.29. The Kier molecular flexibility index (Phi) is 4.07. The van der Waals surface area contributed by atoms with E-state index in [-0.39, 0.29) is 11.3 Å². The largest absolute Gasteiger partial charge is 0.493 e. The van der Waals surface area contributed by atoms with E-state index in [1.807, 2.05) is 0 Å². The Balaban J connectivity index is 3.17. The highest BCUT2D eigenvalue weighted by Gasteiger charge is 2.41. The van der Waals surface area contributed by atoms with Crippen molar-refractivity contribution < 1.29 is 24.1 Å². The van der Waals surface area contributed by atoms with Crippen LogP contribution in [0.25, 0.3) is 0 Å². The third kappa shape index (κ3) is 2.74. The Morgan fingerprint density at radius 2 is 2.12 bits per heavy atom. The first-order valence-corrected chi connectivity index (χ1v) is 5.22. The third-order valence-corrected chi connectivity index (χ3v) is 2.44. The first kappa shape index (κ1) is 13.4. The monoisotopic (exact) mass is 242 g/mol. The van der Waals surface area contributed by atoms with Crippen LogP contribution in [0.3, 0.4) is 0 Å². The number of carbonyl (C=O) groups is 1. The maximum absolute atomic E-state index is 13.5. The number of hydrogen-bond acceptors (Lipinski definition) is 3. The van der Waals surface area contributed by atoms with E-state index in [0.29, 0.717) is 6.61 Å². The van der Waals surface area contributed by atoms with Crippen LogP contribution in [0.5, 0.6) is 5.75 Å². The van der Waals surface area contributed by atoms with Gasteiger partial charge in [-0.1, -0.05) is 18.2 Å². The van der Waals surface area contributed by atoms with Gasteiger partial charge < -0.3 is 14.9 Å². The van der Waals surface area contributed by atoms with Crippen LogP contribution in [0.15, 0.2) is 24.3 Å². The molecule has 1 rings (SSSR count). The molecule has 1 aromatic rings. The van der Waals surface area contributed by atoms with Crippen molar-refractivity contribution in [2.45, 2.75) is 25.6 Å². The van der Waals surface area contributed by atoms with Crippen LogP contribution in [0.4, 0.5) is 4.39 Å².